The average molecular weight is 306 g/mol. The minimum absolute atomic E-state index is 0.579. The van der Waals surface area contributed by atoms with Gasteiger partial charge in [-0.1, -0.05) is 0 Å². The smallest absolute Gasteiger partial charge is 0.0350 e. The quantitative estimate of drug-likeness (QED) is 0.385. The van der Waals surface area contributed by atoms with Crippen LogP contribution in [0.2, 0.25) is 0 Å². The predicted molar refractivity (Wildman–Crippen MR) is 66.4 cm³/mol. The van der Waals surface area contributed by atoms with Gasteiger partial charge in [0, 0.05) is 53.6 Å². The van der Waals surface area contributed by atoms with Crippen LogP contribution in [-0.4, -0.2) is 38.7 Å². The molecule has 0 spiro atoms. The van der Waals surface area contributed by atoms with E-state index in [1.807, 2.05) is 0 Å². The summed E-state index contributed by atoms with van der Waals surface area (Å²) in [6.07, 6.45) is 4.33. The highest BCUT2D eigenvalue weighted by Gasteiger charge is 2.61. The van der Waals surface area contributed by atoms with Crippen LogP contribution in [0, 0.1) is 5.92 Å². The van der Waals surface area contributed by atoms with Gasteiger partial charge < -0.3 is 0 Å². The van der Waals surface area contributed by atoms with Crippen LogP contribution in [0.4, 0.5) is 0 Å². The molecular formula is C11H19IN2. The highest BCUT2D eigenvalue weighted by atomic mass is 127. The van der Waals surface area contributed by atoms with Gasteiger partial charge in [-0.3, -0.25) is 4.90 Å². The summed E-state index contributed by atoms with van der Waals surface area (Å²) in [5, 5.41) is 0. The van der Waals surface area contributed by atoms with Crippen LogP contribution in [0.1, 0.15) is 33.1 Å². The van der Waals surface area contributed by atoms with E-state index >= 15 is 0 Å². The first-order valence-electron chi connectivity index (χ1n) is 5.82. The zero-order chi connectivity index (χ0) is 9.92. The van der Waals surface area contributed by atoms with Crippen molar-refractivity contribution in [3.05, 3.63) is 0 Å². The van der Waals surface area contributed by atoms with Crippen molar-refractivity contribution in [3.8, 4) is 0 Å². The van der Waals surface area contributed by atoms with Crippen molar-refractivity contribution in [3.63, 3.8) is 0 Å². The molecule has 5 unspecified atom stereocenters. The number of fused-ring (bicyclic) bond motifs is 2. The maximum Gasteiger partial charge on any atom is 0.0350 e. The normalized spacial score (nSPS) is 57.6. The van der Waals surface area contributed by atoms with Crippen LogP contribution in [0.15, 0.2) is 0 Å². The lowest BCUT2D eigenvalue weighted by molar-refractivity contribution is 0.115. The maximum atomic E-state index is 2.70. The summed E-state index contributed by atoms with van der Waals surface area (Å²) < 4.78 is 2.57. The van der Waals surface area contributed by atoms with Crippen LogP contribution in [0.5, 0.6) is 0 Å². The van der Waals surface area contributed by atoms with Gasteiger partial charge in [0.05, 0.1) is 0 Å². The summed E-state index contributed by atoms with van der Waals surface area (Å²) in [6.45, 7) is 7.49. The number of rotatable bonds is 0. The minimum Gasteiger partial charge on any atom is -0.290 e. The second-order valence-corrected chi connectivity index (χ2v) is 6.72. The van der Waals surface area contributed by atoms with Gasteiger partial charge in [0.2, 0.25) is 0 Å². The van der Waals surface area contributed by atoms with Gasteiger partial charge in [0.15, 0.2) is 0 Å². The number of hydrogen-bond acceptors (Lipinski definition) is 2. The van der Waals surface area contributed by atoms with E-state index in [0.717, 1.165) is 18.0 Å². The van der Waals surface area contributed by atoms with Gasteiger partial charge in [-0.15, -0.1) is 0 Å². The van der Waals surface area contributed by atoms with E-state index in [0.29, 0.717) is 5.54 Å². The molecule has 2 nitrogen and oxygen atoms in total. The Balaban J connectivity index is 1.79. The second kappa shape index (κ2) is 3.08. The fourth-order valence-corrected chi connectivity index (χ4v) is 4.62. The molecule has 3 heterocycles. The molecular weight excluding hydrogens is 287 g/mol. The maximum absolute atomic E-state index is 2.70. The Morgan fingerprint density at radius 3 is 3.00 bits per heavy atom. The third-order valence-electron chi connectivity index (χ3n) is 4.87. The molecule has 3 rings (SSSR count). The Bertz CT molecular complexity index is 258. The van der Waals surface area contributed by atoms with Gasteiger partial charge >= 0.3 is 0 Å². The van der Waals surface area contributed by atoms with Crippen molar-refractivity contribution >= 4 is 22.9 Å². The van der Waals surface area contributed by atoms with Crippen LogP contribution in [0.25, 0.3) is 0 Å². The Kier molecular flexibility index (Phi) is 2.16. The topological polar surface area (TPSA) is 6.25 Å². The lowest BCUT2D eigenvalue weighted by Gasteiger charge is -2.42. The monoisotopic (exact) mass is 306 g/mol. The molecule has 0 aromatic rings. The first-order valence-corrected chi connectivity index (χ1v) is 6.78. The zero-order valence-corrected chi connectivity index (χ0v) is 11.2. The predicted octanol–water partition coefficient (Wildman–Crippen LogP) is 2.28. The molecule has 5 atom stereocenters. The average Bonchev–Trinajstić information content (AvgIpc) is 2.67. The lowest BCUT2D eigenvalue weighted by Crippen LogP contribution is -2.49. The van der Waals surface area contributed by atoms with E-state index in [-0.39, 0.29) is 0 Å². The van der Waals surface area contributed by atoms with E-state index in [2.05, 4.69) is 44.7 Å². The summed E-state index contributed by atoms with van der Waals surface area (Å²) >= 11 is 2.54. The summed E-state index contributed by atoms with van der Waals surface area (Å²) in [5.41, 5.74) is 0.579. The highest BCUT2D eigenvalue weighted by Crippen LogP contribution is 2.52. The number of piperidine rings is 2. The molecule has 0 aromatic carbocycles. The number of nitrogens with zero attached hydrogens (tertiary/aromatic N) is 2. The number of halogens is 1. The first kappa shape index (κ1) is 9.85. The van der Waals surface area contributed by atoms with E-state index in [4.69, 9.17) is 0 Å². The van der Waals surface area contributed by atoms with Crippen molar-refractivity contribution in [1.82, 2.24) is 8.01 Å². The molecule has 3 heteroatoms. The lowest BCUT2D eigenvalue weighted by atomic mass is 9.80. The van der Waals surface area contributed by atoms with E-state index < -0.39 is 0 Å². The van der Waals surface area contributed by atoms with Gasteiger partial charge in [-0.25, -0.2) is 3.11 Å². The third kappa shape index (κ3) is 1.21. The molecule has 0 amide bonds. The van der Waals surface area contributed by atoms with Crippen LogP contribution < -0.4 is 0 Å². The summed E-state index contributed by atoms with van der Waals surface area (Å²) in [5.74, 6) is 0.979. The minimum atomic E-state index is 0.579. The van der Waals surface area contributed by atoms with E-state index in [1.54, 1.807) is 0 Å². The molecule has 0 aliphatic carbocycles. The van der Waals surface area contributed by atoms with Gasteiger partial charge in [0.1, 0.15) is 0 Å². The molecule has 0 aromatic heterocycles. The molecule has 3 aliphatic heterocycles. The molecule has 14 heavy (non-hydrogen) atoms. The van der Waals surface area contributed by atoms with E-state index in [1.165, 1.54) is 32.4 Å². The van der Waals surface area contributed by atoms with Crippen molar-refractivity contribution < 1.29 is 0 Å². The summed E-state index contributed by atoms with van der Waals surface area (Å²) in [4.78, 5) is 2.70. The van der Waals surface area contributed by atoms with Crippen LogP contribution in [0.3, 0.4) is 0 Å². The number of hydrogen-bond donors (Lipinski definition) is 0. The van der Waals surface area contributed by atoms with Crippen molar-refractivity contribution in [1.29, 1.82) is 0 Å². The van der Waals surface area contributed by atoms with E-state index in [9.17, 15) is 0 Å². The largest absolute Gasteiger partial charge is 0.290 e. The van der Waals surface area contributed by atoms with Crippen LogP contribution in [-0.2, 0) is 0 Å². The fourth-order valence-electron chi connectivity index (χ4n) is 3.65. The first-order chi connectivity index (χ1) is 6.63. The Labute approximate surface area is 101 Å². The Morgan fingerprint density at radius 2 is 2.21 bits per heavy atom. The summed E-state index contributed by atoms with van der Waals surface area (Å²) in [6, 6.07) is 1.69. The Morgan fingerprint density at radius 1 is 1.43 bits per heavy atom. The molecule has 80 valence electrons. The second-order valence-electron chi connectivity index (χ2n) is 5.48. The van der Waals surface area contributed by atoms with Gasteiger partial charge in [-0.05, 0) is 39.0 Å². The third-order valence-corrected chi connectivity index (χ3v) is 6.06. The Hall–Kier alpha value is 0.650. The molecule has 0 radical (unpaired) electrons. The zero-order valence-electron chi connectivity index (χ0n) is 9.04. The fraction of sp³-hybridized carbons (Fsp3) is 1.00. The van der Waals surface area contributed by atoms with Gasteiger partial charge in [0.25, 0.3) is 0 Å². The molecule has 3 fully saturated rings. The van der Waals surface area contributed by atoms with Crippen LogP contribution >= 0.6 is 22.9 Å². The molecule has 3 aliphatic rings. The highest BCUT2D eigenvalue weighted by molar-refractivity contribution is 14.1. The van der Waals surface area contributed by atoms with Crippen molar-refractivity contribution in [2.75, 3.05) is 13.1 Å². The summed E-state index contributed by atoms with van der Waals surface area (Å²) in [7, 11) is 0. The molecule has 0 bridgehead atoms. The van der Waals surface area contributed by atoms with Crippen molar-refractivity contribution in [2.45, 2.75) is 50.7 Å². The van der Waals surface area contributed by atoms with Crippen molar-refractivity contribution in [2.24, 2.45) is 5.92 Å². The molecule has 0 saturated carbocycles. The van der Waals surface area contributed by atoms with Gasteiger partial charge in [-0.2, -0.15) is 0 Å². The molecule has 0 N–H and O–H groups in total. The SMILES string of the molecule is CC1N2CC3C(CCCN3I)CC12C. The molecule has 3 saturated heterocycles. The standard InChI is InChI=1S/C11H19IN2/c1-8-11(2)6-9-4-3-5-14(12)10(9)7-13(8)11/h8-10H,3-7H2,1-2H3.